The van der Waals surface area contributed by atoms with Gasteiger partial charge in [-0.25, -0.2) is 0 Å². The second-order valence-electron chi connectivity index (χ2n) is 6.05. The van der Waals surface area contributed by atoms with Crippen molar-refractivity contribution in [2.24, 2.45) is 0 Å². The normalized spacial score (nSPS) is 10.6. The van der Waals surface area contributed by atoms with Crippen LogP contribution in [-0.2, 0) is 11.2 Å². The molecule has 0 aliphatic carbocycles. The van der Waals surface area contributed by atoms with E-state index in [0.717, 1.165) is 23.3 Å². The van der Waals surface area contributed by atoms with Crippen molar-refractivity contribution in [3.63, 3.8) is 0 Å². The Balaban J connectivity index is 2.19. The van der Waals surface area contributed by atoms with Gasteiger partial charge in [-0.1, -0.05) is 57.9 Å². The second kappa shape index (κ2) is 11.1. The van der Waals surface area contributed by atoms with Gasteiger partial charge in [0.2, 0.25) is 0 Å². The molecule has 0 fully saturated rings. The number of benzene rings is 1. The number of rotatable bonds is 12. The third-order valence-electron chi connectivity index (χ3n) is 3.73. The van der Waals surface area contributed by atoms with Crippen LogP contribution in [0.5, 0.6) is 5.75 Å². The molecule has 0 saturated heterocycles. The Hall–Kier alpha value is -1.51. The van der Waals surface area contributed by atoms with Gasteiger partial charge in [0.05, 0.1) is 13.0 Å². The molecule has 0 radical (unpaired) electrons. The monoisotopic (exact) mass is 306 g/mol. The minimum Gasteiger partial charge on any atom is -0.494 e. The fourth-order valence-electron chi connectivity index (χ4n) is 2.61. The highest BCUT2D eigenvalue weighted by atomic mass is 16.5. The second-order valence-corrected chi connectivity index (χ2v) is 6.05. The molecule has 124 valence electrons. The summed E-state index contributed by atoms with van der Waals surface area (Å²) < 4.78 is 5.76. The fraction of sp³-hybridized carbons (Fsp3) is 0.632. The number of hydrogen-bond acceptors (Lipinski definition) is 2. The summed E-state index contributed by atoms with van der Waals surface area (Å²) in [6, 6.07) is 5.71. The van der Waals surface area contributed by atoms with E-state index in [4.69, 9.17) is 9.84 Å². The van der Waals surface area contributed by atoms with Crippen LogP contribution < -0.4 is 4.74 Å². The smallest absolute Gasteiger partial charge is 0.307 e. The van der Waals surface area contributed by atoms with Crippen LogP contribution in [0.4, 0.5) is 0 Å². The van der Waals surface area contributed by atoms with Gasteiger partial charge in [-0.2, -0.15) is 0 Å². The molecule has 1 rings (SSSR count). The first-order chi connectivity index (χ1) is 10.6. The van der Waals surface area contributed by atoms with Crippen LogP contribution in [0.15, 0.2) is 18.2 Å². The first-order valence-electron chi connectivity index (χ1n) is 8.57. The maximum atomic E-state index is 10.8. The van der Waals surface area contributed by atoms with Crippen LogP contribution >= 0.6 is 0 Å². The molecule has 3 nitrogen and oxygen atoms in total. The molecule has 1 N–H and O–H groups in total. The highest BCUT2D eigenvalue weighted by Crippen LogP contribution is 2.18. The van der Waals surface area contributed by atoms with E-state index in [0.29, 0.717) is 6.61 Å². The molecule has 0 aliphatic rings. The number of hydrogen-bond donors (Lipinski definition) is 1. The number of carboxylic acids is 1. The molecule has 0 aromatic heterocycles. The quantitative estimate of drug-likeness (QED) is 0.544. The zero-order valence-corrected chi connectivity index (χ0v) is 14.1. The number of aliphatic carboxylic acids is 1. The predicted molar refractivity (Wildman–Crippen MR) is 90.6 cm³/mol. The molecule has 0 atom stereocenters. The van der Waals surface area contributed by atoms with Gasteiger partial charge in [0, 0.05) is 0 Å². The third kappa shape index (κ3) is 8.71. The molecular weight excluding hydrogens is 276 g/mol. The zero-order valence-electron chi connectivity index (χ0n) is 14.1. The van der Waals surface area contributed by atoms with Crippen LogP contribution in [-0.4, -0.2) is 17.7 Å². The molecular formula is C19H30O3. The molecule has 0 saturated carbocycles. The lowest BCUT2D eigenvalue weighted by atomic mass is 10.1. The zero-order chi connectivity index (χ0) is 16.2. The summed E-state index contributed by atoms with van der Waals surface area (Å²) in [5, 5.41) is 8.86. The van der Waals surface area contributed by atoms with E-state index >= 15 is 0 Å². The minimum atomic E-state index is -0.806. The van der Waals surface area contributed by atoms with E-state index in [9.17, 15) is 4.79 Å². The van der Waals surface area contributed by atoms with Crippen LogP contribution in [0.25, 0.3) is 0 Å². The molecule has 0 heterocycles. The number of carbonyl (C=O) groups is 1. The van der Waals surface area contributed by atoms with E-state index in [1.165, 1.54) is 44.9 Å². The fourth-order valence-corrected chi connectivity index (χ4v) is 2.61. The van der Waals surface area contributed by atoms with E-state index in [1.807, 2.05) is 25.1 Å². The Morgan fingerprint density at radius 1 is 1.00 bits per heavy atom. The van der Waals surface area contributed by atoms with E-state index in [1.54, 1.807) is 0 Å². The molecule has 0 unspecified atom stereocenters. The van der Waals surface area contributed by atoms with E-state index in [2.05, 4.69) is 6.92 Å². The molecule has 0 amide bonds. The maximum absolute atomic E-state index is 10.8. The van der Waals surface area contributed by atoms with Gasteiger partial charge >= 0.3 is 5.97 Å². The summed E-state index contributed by atoms with van der Waals surface area (Å²) in [6.07, 6.45) is 10.3. The van der Waals surface area contributed by atoms with Gasteiger partial charge in [0.25, 0.3) is 0 Å². The molecule has 3 heteroatoms. The first kappa shape index (κ1) is 18.5. The predicted octanol–water partition coefficient (Wildman–Crippen LogP) is 5.14. The molecule has 1 aromatic rings. The first-order valence-corrected chi connectivity index (χ1v) is 8.57. The lowest BCUT2D eigenvalue weighted by Gasteiger charge is -2.09. The van der Waals surface area contributed by atoms with Crippen molar-refractivity contribution in [1.82, 2.24) is 0 Å². The van der Waals surface area contributed by atoms with Gasteiger partial charge in [-0.3, -0.25) is 4.79 Å². The summed E-state index contributed by atoms with van der Waals surface area (Å²) in [7, 11) is 0. The van der Waals surface area contributed by atoms with Crippen LogP contribution in [0.2, 0.25) is 0 Å². The van der Waals surface area contributed by atoms with Crippen LogP contribution in [0, 0.1) is 6.92 Å². The van der Waals surface area contributed by atoms with Gasteiger partial charge in [-0.05, 0) is 36.6 Å². The van der Waals surface area contributed by atoms with Gasteiger partial charge in [-0.15, -0.1) is 0 Å². The Morgan fingerprint density at radius 2 is 1.64 bits per heavy atom. The molecule has 1 aromatic carbocycles. The summed E-state index contributed by atoms with van der Waals surface area (Å²) in [5.41, 5.74) is 1.85. The Kier molecular flexibility index (Phi) is 9.36. The summed E-state index contributed by atoms with van der Waals surface area (Å²) in [5.74, 6) is -0.0150. The van der Waals surface area contributed by atoms with E-state index < -0.39 is 5.97 Å². The standard InChI is InChI=1S/C19H30O3/c1-3-4-5-6-7-8-9-10-11-22-18-13-16(2)12-17(14-18)15-19(20)21/h12-14H,3-11,15H2,1-2H3,(H,20,21). The average Bonchev–Trinajstić information content (AvgIpc) is 2.44. The molecule has 0 aliphatic heterocycles. The molecule has 0 bridgehead atoms. The lowest BCUT2D eigenvalue weighted by Crippen LogP contribution is -2.02. The summed E-state index contributed by atoms with van der Waals surface area (Å²) >= 11 is 0. The van der Waals surface area contributed by atoms with Crippen molar-refractivity contribution in [2.45, 2.75) is 71.6 Å². The Morgan fingerprint density at radius 3 is 2.27 bits per heavy atom. The number of ether oxygens (including phenoxy) is 1. The minimum absolute atomic E-state index is 0.0514. The maximum Gasteiger partial charge on any atom is 0.307 e. The SMILES string of the molecule is CCCCCCCCCCOc1cc(C)cc(CC(=O)O)c1. The van der Waals surface area contributed by atoms with Gasteiger partial charge in [0.1, 0.15) is 5.75 Å². The largest absolute Gasteiger partial charge is 0.494 e. The molecule has 0 spiro atoms. The highest BCUT2D eigenvalue weighted by Gasteiger charge is 2.04. The molecule has 22 heavy (non-hydrogen) atoms. The third-order valence-corrected chi connectivity index (χ3v) is 3.73. The number of aryl methyl sites for hydroxylation is 1. The van der Waals surface area contributed by atoms with Gasteiger partial charge < -0.3 is 9.84 Å². The topological polar surface area (TPSA) is 46.5 Å². The van der Waals surface area contributed by atoms with Crippen LogP contribution in [0.3, 0.4) is 0 Å². The van der Waals surface area contributed by atoms with Crippen molar-refractivity contribution >= 4 is 5.97 Å². The van der Waals surface area contributed by atoms with Crippen LogP contribution in [0.1, 0.15) is 69.4 Å². The van der Waals surface area contributed by atoms with Crippen molar-refractivity contribution < 1.29 is 14.6 Å². The number of unbranched alkanes of at least 4 members (excludes halogenated alkanes) is 7. The summed E-state index contributed by atoms with van der Waals surface area (Å²) in [4.78, 5) is 10.8. The highest BCUT2D eigenvalue weighted by molar-refractivity contribution is 5.70. The van der Waals surface area contributed by atoms with Crippen molar-refractivity contribution in [1.29, 1.82) is 0 Å². The van der Waals surface area contributed by atoms with Gasteiger partial charge in [0.15, 0.2) is 0 Å². The average molecular weight is 306 g/mol. The van der Waals surface area contributed by atoms with Crippen molar-refractivity contribution in [2.75, 3.05) is 6.61 Å². The number of carboxylic acid groups (broad SMARTS) is 1. The lowest BCUT2D eigenvalue weighted by molar-refractivity contribution is -0.136. The van der Waals surface area contributed by atoms with E-state index in [-0.39, 0.29) is 6.42 Å². The summed E-state index contributed by atoms with van der Waals surface area (Å²) in [6.45, 7) is 4.92. The van der Waals surface area contributed by atoms with Crippen molar-refractivity contribution in [3.05, 3.63) is 29.3 Å². The van der Waals surface area contributed by atoms with Crippen molar-refractivity contribution in [3.8, 4) is 5.75 Å². The Labute approximate surface area is 134 Å². The Bertz CT molecular complexity index is 440.